The average molecular weight is 643 g/mol. The zero-order chi connectivity index (χ0) is 30.5. The zero-order valence-corrected chi connectivity index (χ0v) is 25.6. The molecule has 0 aliphatic heterocycles. The standard InChI is InChI=1S/C17H31F13O3Si4/c1-34(2,3)31-37(32-35(4,5)6,33-36(7,8)9)11-10-12(18,19)13(20,21)14(22,23)15(24,25)16(26,27)17(28,29)30/h10-11H2,1-9H3. The maximum Gasteiger partial charge on any atom is 0.469 e. The minimum atomic E-state index is -7.93. The lowest BCUT2D eigenvalue weighted by molar-refractivity contribution is -0.440. The van der Waals surface area contributed by atoms with Crippen molar-refractivity contribution in [2.75, 3.05) is 0 Å². The first-order chi connectivity index (χ1) is 15.6. The Kier molecular flexibility index (Phi) is 10.3. The first kappa shape index (κ1) is 36.8. The van der Waals surface area contributed by atoms with E-state index < -0.39 is 82.0 Å². The third kappa shape index (κ3) is 8.41. The molecular weight excluding hydrogens is 612 g/mol. The number of alkyl halides is 13. The Labute approximate surface area is 210 Å². The SMILES string of the molecule is C[Si](C)(C)O[Si](CCC(F)(F)C(F)(F)C(F)(F)C(F)(F)C(F)(F)C(F)(F)F)(O[Si](C)(C)C)O[Si](C)(C)C. The third-order valence-corrected chi connectivity index (χ3v) is 16.1. The molecule has 0 aromatic rings. The monoisotopic (exact) mass is 642 g/mol. The van der Waals surface area contributed by atoms with Gasteiger partial charge in [-0.1, -0.05) is 0 Å². The van der Waals surface area contributed by atoms with Crippen molar-refractivity contribution in [3.8, 4) is 0 Å². The molecule has 0 atom stereocenters. The lowest BCUT2D eigenvalue weighted by atomic mass is 9.93. The molecule has 0 saturated carbocycles. The van der Waals surface area contributed by atoms with Crippen LogP contribution in [-0.2, 0) is 12.3 Å². The first-order valence-corrected chi connectivity index (χ1v) is 22.8. The van der Waals surface area contributed by atoms with Gasteiger partial charge in [0.25, 0.3) is 0 Å². The molecule has 0 heterocycles. The second-order valence-corrected chi connectivity index (χ2v) is 28.3. The van der Waals surface area contributed by atoms with E-state index in [9.17, 15) is 57.1 Å². The molecule has 0 aliphatic carbocycles. The van der Waals surface area contributed by atoms with Crippen molar-refractivity contribution in [3.05, 3.63) is 0 Å². The molecule has 0 unspecified atom stereocenters. The Hall–Kier alpha value is -0.162. The lowest BCUT2D eigenvalue weighted by Crippen LogP contribution is -2.70. The minimum absolute atomic E-state index is 1.33. The van der Waals surface area contributed by atoms with E-state index in [0.717, 1.165) is 0 Å². The Balaban J connectivity index is 6.65. The topological polar surface area (TPSA) is 27.7 Å². The van der Waals surface area contributed by atoms with E-state index in [2.05, 4.69) is 0 Å². The number of hydrogen-bond acceptors (Lipinski definition) is 3. The van der Waals surface area contributed by atoms with Gasteiger partial charge in [0.1, 0.15) is 0 Å². The lowest BCUT2D eigenvalue weighted by Gasteiger charge is -2.44. The number of rotatable bonds is 13. The van der Waals surface area contributed by atoms with Crippen LogP contribution in [0.15, 0.2) is 0 Å². The van der Waals surface area contributed by atoms with Gasteiger partial charge in [0.2, 0.25) is 0 Å². The van der Waals surface area contributed by atoms with E-state index >= 15 is 0 Å². The van der Waals surface area contributed by atoms with Gasteiger partial charge in [-0.05, 0) is 58.9 Å². The highest BCUT2D eigenvalue weighted by atomic mass is 28.5. The molecule has 0 fully saturated rings. The van der Waals surface area contributed by atoms with Crippen LogP contribution in [0.25, 0.3) is 0 Å². The third-order valence-electron chi connectivity index (χ3n) is 4.13. The molecule has 20 heteroatoms. The van der Waals surface area contributed by atoms with Gasteiger partial charge in [0, 0.05) is 12.5 Å². The van der Waals surface area contributed by atoms with Crippen molar-refractivity contribution in [2.24, 2.45) is 0 Å². The van der Waals surface area contributed by atoms with Crippen LogP contribution in [0.4, 0.5) is 57.1 Å². The van der Waals surface area contributed by atoms with Crippen LogP contribution in [-0.4, -0.2) is 69.5 Å². The minimum Gasteiger partial charge on any atom is -0.417 e. The first-order valence-electron chi connectivity index (χ1n) is 10.6. The van der Waals surface area contributed by atoms with Gasteiger partial charge in [0.05, 0.1) is 0 Å². The molecule has 0 radical (unpaired) electrons. The fraction of sp³-hybridized carbons (Fsp3) is 1.00. The largest absolute Gasteiger partial charge is 0.469 e. The molecule has 0 spiro atoms. The summed E-state index contributed by atoms with van der Waals surface area (Å²) < 4.78 is 193. The Morgan fingerprint density at radius 1 is 0.432 bits per heavy atom. The molecule has 3 nitrogen and oxygen atoms in total. The molecule has 0 aliphatic rings. The molecular formula is C17H31F13O3Si4. The number of halogens is 13. The van der Waals surface area contributed by atoms with Gasteiger partial charge in [-0.3, -0.25) is 0 Å². The fourth-order valence-electron chi connectivity index (χ4n) is 2.88. The quantitative estimate of drug-likeness (QED) is 0.149. The van der Waals surface area contributed by atoms with E-state index in [4.69, 9.17) is 12.3 Å². The molecule has 0 bridgehead atoms. The summed E-state index contributed by atoms with van der Waals surface area (Å²) in [7, 11) is -12.9. The Morgan fingerprint density at radius 3 is 0.946 bits per heavy atom. The highest BCUT2D eigenvalue weighted by Crippen LogP contribution is 2.61. The summed E-state index contributed by atoms with van der Waals surface area (Å²) in [4.78, 5) is 0. The average Bonchev–Trinajstić information content (AvgIpc) is 2.53. The summed E-state index contributed by atoms with van der Waals surface area (Å²) in [5, 5.41) is 0. The summed E-state index contributed by atoms with van der Waals surface area (Å²) in [6.07, 6.45) is -9.84. The molecule has 0 amide bonds. The summed E-state index contributed by atoms with van der Waals surface area (Å²) in [6, 6.07) is -1.33. The number of hydrogen-bond donors (Lipinski definition) is 0. The Morgan fingerprint density at radius 2 is 0.703 bits per heavy atom. The summed E-state index contributed by atoms with van der Waals surface area (Å²) in [5.41, 5.74) is 0. The normalized spacial score (nSPS) is 16.4. The van der Waals surface area contributed by atoms with Gasteiger partial charge in [-0.25, -0.2) is 0 Å². The van der Waals surface area contributed by atoms with E-state index in [0.29, 0.717) is 0 Å². The van der Waals surface area contributed by atoms with Gasteiger partial charge in [-0.2, -0.15) is 57.1 Å². The Bertz CT molecular complexity index is 744. The van der Waals surface area contributed by atoms with Gasteiger partial charge in [0.15, 0.2) is 25.0 Å². The van der Waals surface area contributed by atoms with Crippen molar-refractivity contribution in [3.63, 3.8) is 0 Å². The van der Waals surface area contributed by atoms with Crippen molar-refractivity contribution < 1.29 is 69.4 Å². The van der Waals surface area contributed by atoms with Crippen LogP contribution in [0, 0.1) is 0 Å². The molecule has 0 aromatic heterocycles. The van der Waals surface area contributed by atoms with Crippen LogP contribution in [0.1, 0.15) is 6.42 Å². The zero-order valence-electron chi connectivity index (χ0n) is 21.6. The molecule has 224 valence electrons. The van der Waals surface area contributed by atoms with Crippen molar-refractivity contribution in [1.29, 1.82) is 0 Å². The van der Waals surface area contributed by atoms with Crippen LogP contribution in [0.2, 0.25) is 65.0 Å². The van der Waals surface area contributed by atoms with Crippen LogP contribution in [0.5, 0.6) is 0 Å². The van der Waals surface area contributed by atoms with Crippen molar-refractivity contribution in [2.45, 2.75) is 107 Å². The summed E-state index contributed by atoms with van der Waals surface area (Å²) >= 11 is 0. The van der Waals surface area contributed by atoms with Crippen molar-refractivity contribution >= 4 is 33.8 Å². The molecule has 0 N–H and O–H groups in total. The van der Waals surface area contributed by atoms with Crippen molar-refractivity contribution in [1.82, 2.24) is 0 Å². The molecule has 37 heavy (non-hydrogen) atoms. The maximum atomic E-state index is 14.5. The molecule has 0 rings (SSSR count). The predicted molar refractivity (Wildman–Crippen MR) is 119 cm³/mol. The summed E-state index contributed by atoms with van der Waals surface area (Å²) in [5.74, 6) is -37.1. The van der Waals surface area contributed by atoms with E-state index in [1.807, 2.05) is 0 Å². The highest BCUT2D eigenvalue weighted by Gasteiger charge is 2.90. The highest BCUT2D eigenvalue weighted by molar-refractivity contribution is 6.90. The smallest absolute Gasteiger partial charge is 0.417 e. The molecule has 0 saturated heterocycles. The van der Waals surface area contributed by atoms with Crippen LogP contribution in [0.3, 0.4) is 0 Å². The van der Waals surface area contributed by atoms with E-state index in [1.54, 1.807) is 0 Å². The molecule has 0 aromatic carbocycles. The van der Waals surface area contributed by atoms with Gasteiger partial charge >= 0.3 is 44.6 Å². The van der Waals surface area contributed by atoms with E-state index in [-0.39, 0.29) is 0 Å². The van der Waals surface area contributed by atoms with Gasteiger partial charge < -0.3 is 12.3 Å². The van der Waals surface area contributed by atoms with E-state index in [1.165, 1.54) is 58.9 Å². The van der Waals surface area contributed by atoms with Crippen LogP contribution >= 0.6 is 0 Å². The fourth-order valence-corrected chi connectivity index (χ4v) is 17.6. The van der Waals surface area contributed by atoms with Gasteiger partial charge in [-0.15, -0.1) is 0 Å². The van der Waals surface area contributed by atoms with Crippen LogP contribution < -0.4 is 0 Å². The summed E-state index contributed by atoms with van der Waals surface area (Å²) in [6.45, 7) is 13.8. The maximum absolute atomic E-state index is 14.5. The second-order valence-electron chi connectivity index (χ2n) is 11.3. The second kappa shape index (κ2) is 10.3. The predicted octanol–water partition coefficient (Wildman–Crippen LogP) is 8.61.